The summed E-state index contributed by atoms with van der Waals surface area (Å²) in [6.07, 6.45) is 0. The van der Waals surface area contributed by atoms with Crippen LogP contribution in [0.1, 0.15) is 0 Å². The SMILES string of the molecule is O=[N+]([O-])c1cccc(S(=O)(=O)Nc2ccc(F)c(F)c2F)c1. The molecule has 0 radical (unpaired) electrons. The van der Waals surface area contributed by atoms with Gasteiger partial charge in [-0.15, -0.1) is 0 Å². The second-order valence-corrected chi connectivity index (χ2v) is 5.77. The Kier molecular flexibility index (Phi) is 4.04. The van der Waals surface area contributed by atoms with E-state index in [1.807, 2.05) is 0 Å². The van der Waals surface area contributed by atoms with Crippen molar-refractivity contribution in [3.63, 3.8) is 0 Å². The van der Waals surface area contributed by atoms with E-state index in [0.29, 0.717) is 12.1 Å². The molecule has 0 amide bonds. The highest BCUT2D eigenvalue weighted by Crippen LogP contribution is 2.24. The number of rotatable bonds is 4. The number of hydrogen-bond donors (Lipinski definition) is 1. The topological polar surface area (TPSA) is 89.3 Å². The van der Waals surface area contributed by atoms with Crippen molar-refractivity contribution in [2.75, 3.05) is 4.72 Å². The number of hydrogen-bond acceptors (Lipinski definition) is 4. The van der Waals surface area contributed by atoms with E-state index in [-0.39, 0.29) is 0 Å². The molecule has 0 aliphatic heterocycles. The molecule has 0 aliphatic carbocycles. The maximum Gasteiger partial charge on any atom is 0.270 e. The normalized spacial score (nSPS) is 11.2. The molecule has 0 aliphatic rings. The number of sulfonamides is 1. The van der Waals surface area contributed by atoms with Gasteiger partial charge in [-0.05, 0) is 18.2 Å². The van der Waals surface area contributed by atoms with Crippen molar-refractivity contribution in [2.24, 2.45) is 0 Å². The molecule has 0 atom stereocenters. The zero-order valence-corrected chi connectivity index (χ0v) is 11.4. The molecule has 0 fully saturated rings. The second-order valence-electron chi connectivity index (χ2n) is 4.08. The molecule has 6 nitrogen and oxygen atoms in total. The van der Waals surface area contributed by atoms with Crippen molar-refractivity contribution in [2.45, 2.75) is 4.90 Å². The summed E-state index contributed by atoms with van der Waals surface area (Å²) in [7, 11) is -4.41. The first-order chi connectivity index (χ1) is 10.2. The summed E-state index contributed by atoms with van der Waals surface area (Å²) in [4.78, 5) is 9.28. The van der Waals surface area contributed by atoms with E-state index in [1.165, 1.54) is 0 Å². The quantitative estimate of drug-likeness (QED) is 0.530. The molecular weight excluding hydrogens is 325 g/mol. The fourth-order valence-corrected chi connectivity index (χ4v) is 2.67. The molecule has 0 saturated heterocycles. The Hall–Kier alpha value is -2.62. The van der Waals surface area contributed by atoms with Crippen molar-refractivity contribution in [3.05, 3.63) is 64.0 Å². The number of nitrogens with one attached hydrogen (secondary N) is 1. The molecule has 1 N–H and O–H groups in total. The Morgan fingerprint density at radius 3 is 2.36 bits per heavy atom. The Morgan fingerprint density at radius 2 is 1.73 bits per heavy atom. The predicted molar refractivity (Wildman–Crippen MR) is 70.2 cm³/mol. The van der Waals surface area contributed by atoms with E-state index in [0.717, 1.165) is 24.3 Å². The first-order valence-corrected chi connectivity index (χ1v) is 7.11. The third kappa shape index (κ3) is 3.01. The fourth-order valence-electron chi connectivity index (χ4n) is 1.57. The number of halogens is 3. The molecule has 0 heterocycles. The van der Waals surface area contributed by atoms with Crippen LogP contribution in [0.25, 0.3) is 0 Å². The van der Waals surface area contributed by atoms with E-state index < -0.39 is 48.7 Å². The molecule has 0 saturated carbocycles. The first-order valence-electron chi connectivity index (χ1n) is 5.63. The maximum atomic E-state index is 13.5. The van der Waals surface area contributed by atoms with Gasteiger partial charge in [-0.3, -0.25) is 14.8 Å². The van der Waals surface area contributed by atoms with Crippen molar-refractivity contribution < 1.29 is 26.5 Å². The lowest BCUT2D eigenvalue weighted by molar-refractivity contribution is -0.385. The third-order valence-corrected chi connectivity index (χ3v) is 3.98. The average Bonchev–Trinajstić information content (AvgIpc) is 2.48. The van der Waals surface area contributed by atoms with Gasteiger partial charge in [0.15, 0.2) is 17.5 Å². The zero-order chi connectivity index (χ0) is 16.5. The summed E-state index contributed by atoms with van der Waals surface area (Å²) in [6, 6.07) is 5.21. The number of nitro groups is 1. The van der Waals surface area contributed by atoms with E-state index in [9.17, 15) is 31.7 Å². The van der Waals surface area contributed by atoms with Crippen LogP contribution in [0, 0.1) is 27.6 Å². The lowest BCUT2D eigenvalue weighted by atomic mass is 10.3. The monoisotopic (exact) mass is 332 g/mol. The van der Waals surface area contributed by atoms with Gasteiger partial charge in [0.2, 0.25) is 0 Å². The standard InChI is InChI=1S/C12H7F3N2O4S/c13-9-4-5-10(12(15)11(9)14)16-22(20,21)8-3-1-2-7(6-8)17(18)19/h1-6,16H. The van der Waals surface area contributed by atoms with E-state index in [4.69, 9.17) is 0 Å². The van der Waals surface area contributed by atoms with Gasteiger partial charge in [-0.25, -0.2) is 21.6 Å². The van der Waals surface area contributed by atoms with Gasteiger partial charge in [0.05, 0.1) is 15.5 Å². The Balaban J connectivity index is 2.42. The summed E-state index contributed by atoms with van der Waals surface area (Å²) >= 11 is 0. The van der Waals surface area contributed by atoms with Crippen LogP contribution in [-0.2, 0) is 10.0 Å². The summed E-state index contributed by atoms with van der Waals surface area (Å²) in [5.74, 6) is -5.02. The molecule has 0 spiro atoms. The van der Waals surface area contributed by atoms with Gasteiger partial charge in [-0.1, -0.05) is 6.07 Å². The van der Waals surface area contributed by atoms with Crippen molar-refractivity contribution in [1.82, 2.24) is 0 Å². The lowest BCUT2D eigenvalue weighted by Crippen LogP contribution is -2.15. The van der Waals surface area contributed by atoms with Crippen LogP contribution in [0.3, 0.4) is 0 Å². The highest BCUT2D eigenvalue weighted by atomic mass is 32.2. The Morgan fingerprint density at radius 1 is 1.05 bits per heavy atom. The molecule has 2 aromatic rings. The molecule has 10 heteroatoms. The average molecular weight is 332 g/mol. The molecule has 22 heavy (non-hydrogen) atoms. The van der Waals surface area contributed by atoms with Gasteiger partial charge in [-0.2, -0.15) is 0 Å². The van der Waals surface area contributed by atoms with E-state index in [2.05, 4.69) is 0 Å². The van der Waals surface area contributed by atoms with Crippen LogP contribution < -0.4 is 4.72 Å². The van der Waals surface area contributed by atoms with Gasteiger partial charge in [0.25, 0.3) is 15.7 Å². The van der Waals surface area contributed by atoms with Crippen LogP contribution in [0.4, 0.5) is 24.5 Å². The Labute approximate surface area is 122 Å². The maximum absolute atomic E-state index is 13.5. The summed E-state index contributed by atoms with van der Waals surface area (Å²) in [5.41, 5.74) is -1.31. The van der Waals surface area contributed by atoms with E-state index >= 15 is 0 Å². The zero-order valence-electron chi connectivity index (χ0n) is 10.6. The Bertz CT molecular complexity index is 855. The van der Waals surface area contributed by atoms with Crippen LogP contribution in [0.15, 0.2) is 41.3 Å². The predicted octanol–water partition coefficient (Wildman–Crippen LogP) is 2.81. The molecule has 0 bridgehead atoms. The largest absolute Gasteiger partial charge is 0.277 e. The van der Waals surface area contributed by atoms with E-state index in [1.54, 1.807) is 4.72 Å². The minimum absolute atomic E-state index is 0.492. The first kappa shape index (κ1) is 15.8. The smallest absolute Gasteiger partial charge is 0.270 e. The summed E-state index contributed by atoms with van der Waals surface area (Å²) < 4.78 is 65.0. The highest BCUT2D eigenvalue weighted by Gasteiger charge is 2.21. The van der Waals surface area contributed by atoms with Crippen molar-refractivity contribution in [3.8, 4) is 0 Å². The number of benzene rings is 2. The number of nitrogens with zero attached hydrogens (tertiary/aromatic N) is 1. The number of anilines is 1. The molecule has 2 rings (SSSR count). The minimum atomic E-state index is -4.41. The van der Waals surface area contributed by atoms with Gasteiger partial charge < -0.3 is 0 Å². The summed E-state index contributed by atoms with van der Waals surface area (Å²) in [6.45, 7) is 0. The fraction of sp³-hybridized carbons (Fsp3) is 0. The number of nitro benzene ring substituents is 1. The second kappa shape index (κ2) is 5.64. The third-order valence-electron chi connectivity index (χ3n) is 2.62. The molecular formula is C12H7F3N2O4S. The van der Waals surface area contributed by atoms with Crippen LogP contribution in [0.2, 0.25) is 0 Å². The van der Waals surface area contributed by atoms with Crippen LogP contribution in [-0.4, -0.2) is 13.3 Å². The highest BCUT2D eigenvalue weighted by molar-refractivity contribution is 7.92. The van der Waals surface area contributed by atoms with Crippen LogP contribution >= 0.6 is 0 Å². The molecule has 0 unspecified atom stereocenters. The molecule has 2 aromatic carbocycles. The molecule has 0 aromatic heterocycles. The number of non-ortho nitro benzene ring substituents is 1. The minimum Gasteiger partial charge on any atom is -0.277 e. The summed E-state index contributed by atoms with van der Waals surface area (Å²) in [5, 5.41) is 10.6. The lowest BCUT2D eigenvalue weighted by Gasteiger charge is -2.09. The van der Waals surface area contributed by atoms with Gasteiger partial charge in [0.1, 0.15) is 0 Å². The molecule has 116 valence electrons. The van der Waals surface area contributed by atoms with Crippen molar-refractivity contribution in [1.29, 1.82) is 0 Å². The van der Waals surface area contributed by atoms with Gasteiger partial charge in [0, 0.05) is 12.1 Å². The van der Waals surface area contributed by atoms with Gasteiger partial charge >= 0.3 is 0 Å². The van der Waals surface area contributed by atoms with Crippen molar-refractivity contribution >= 4 is 21.4 Å². The van der Waals surface area contributed by atoms with Crippen LogP contribution in [0.5, 0.6) is 0 Å².